The first-order valence-corrected chi connectivity index (χ1v) is 6.20. The van der Waals surface area contributed by atoms with E-state index in [0.717, 1.165) is 12.1 Å². The van der Waals surface area contributed by atoms with Gasteiger partial charge in [-0.2, -0.15) is 0 Å². The first-order chi connectivity index (χ1) is 9.41. The maximum Gasteiger partial charge on any atom is 0.342 e. The SMILES string of the molecule is O=C(O)c1c(Cl)n([C@@H]2C[C@H]2F)c2cc(F)ccc2c1=O. The third-order valence-electron chi connectivity index (χ3n) is 3.34. The number of halogens is 3. The van der Waals surface area contributed by atoms with Gasteiger partial charge in [-0.05, 0) is 18.2 Å². The predicted octanol–water partition coefficient (Wildman–Crippen LogP) is 2.78. The molecule has 7 heteroatoms. The van der Waals surface area contributed by atoms with E-state index in [1.807, 2.05) is 0 Å². The smallest absolute Gasteiger partial charge is 0.342 e. The van der Waals surface area contributed by atoms with Crippen molar-refractivity contribution < 1.29 is 18.7 Å². The van der Waals surface area contributed by atoms with Gasteiger partial charge in [-0.15, -0.1) is 0 Å². The Morgan fingerprint density at radius 2 is 2.10 bits per heavy atom. The van der Waals surface area contributed by atoms with E-state index in [1.165, 1.54) is 10.6 Å². The first kappa shape index (κ1) is 13.1. The summed E-state index contributed by atoms with van der Waals surface area (Å²) < 4.78 is 27.8. The molecule has 1 aromatic heterocycles. The van der Waals surface area contributed by atoms with Crippen molar-refractivity contribution >= 4 is 28.5 Å². The molecule has 2 aromatic rings. The molecule has 20 heavy (non-hydrogen) atoms. The second-order valence-electron chi connectivity index (χ2n) is 4.65. The number of rotatable bonds is 2. The Labute approximate surface area is 116 Å². The van der Waals surface area contributed by atoms with Gasteiger partial charge in [0.25, 0.3) is 0 Å². The number of hydrogen-bond acceptors (Lipinski definition) is 2. The molecule has 1 heterocycles. The maximum absolute atomic E-state index is 13.4. The fourth-order valence-electron chi connectivity index (χ4n) is 2.28. The molecule has 1 aliphatic carbocycles. The number of benzene rings is 1. The van der Waals surface area contributed by atoms with Crippen LogP contribution >= 0.6 is 11.6 Å². The summed E-state index contributed by atoms with van der Waals surface area (Å²) in [6.45, 7) is 0. The lowest BCUT2D eigenvalue weighted by Gasteiger charge is -2.14. The molecule has 1 aromatic carbocycles. The number of aromatic nitrogens is 1. The van der Waals surface area contributed by atoms with E-state index < -0.39 is 35.0 Å². The van der Waals surface area contributed by atoms with Gasteiger partial charge >= 0.3 is 5.97 Å². The number of pyridine rings is 1. The number of alkyl halides is 1. The van der Waals surface area contributed by atoms with Crippen molar-refractivity contribution in [3.05, 3.63) is 45.0 Å². The summed E-state index contributed by atoms with van der Waals surface area (Å²) in [4.78, 5) is 23.2. The normalized spacial score (nSPS) is 21.1. The maximum atomic E-state index is 13.4. The minimum absolute atomic E-state index is 0.00676. The Morgan fingerprint density at radius 1 is 1.45 bits per heavy atom. The van der Waals surface area contributed by atoms with Crippen LogP contribution in [0.15, 0.2) is 23.0 Å². The summed E-state index contributed by atoms with van der Waals surface area (Å²) in [5.41, 5.74) is -1.31. The fraction of sp³-hybridized carbons (Fsp3) is 0.231. The number of nitrogens with zero attached hydrogens (tertiary/aromatic N) is 1. The Bertz CT molecular complexity index is 802. The lowest BCUT2D eigenvalue weighted by atomic mass is 10.1. The van der Waals surface area contributed by atoms with Crippen LogP contribution in [0, 0.1) is 5.82 Å². The van der Waals surface area contributed by atoms with Crippen molar-refractivity contribution in [2.75, 3.05) is 0 Å². The molecule has 0 unspecified atom stereocenters. The summed E-state index contributed by atoms with van der Waals surface area (Å²) >= 11 is 5.93. The van der Waals surface area contributed by atoms with E-state index in [0.29, 0.717) is 0 Å². The van der Waals surface area contributed by atoms with Crippen LogP contribution in [0.3, 0.4) is 0 Å². The van der Waals surface area contributed by atoms with Crippen LogP contribution in [-0.4, -0.2) is 21.8 Å². The van der Waals surface area contributed by atoms with Gasteiger partial charge in [-0.1, -0.05) is 11.6 Å². The van der Waals surface area contributed by atoms with Gasteiger partial charge in [-0.25, -0.2) is 13.6 Å². The monoisotopic (exact) mass is 299 g/mol. The molecule has 1 fully saturated rings. The molecule has 0 radical (unpaired) electrons. The van der Waals surface area contributed by atoms with E-state index in [2.05, 4.69) is 0 Å². The van der Waals surface area contributed by atoms with Crippen LogP contribution in [0.1, 0.15) is 22.8 Å². The summed E-state index contributed by atoms with van der Waals surface area (Å²) in [7, 11) is 0. The lowest BCUT2D eigenvalue weighted by Crippen LogP contribution is -2.21. The van der Waals surface area contributed by atoms with Crippen molar-refractivity contribution in [1.82, 2.24) is 4.57 Å². The topological polar surface area (TPSA) is 59.3 Å². The van der Waals surface area contributed by atoms with Crippen LogP contribution in [0.2, 0.25) is 5.15 Å². The van der Waals surface area contributed by atoms with Crippen LogP contribution in [-0.2, 0) is 0 Å². The molecule has 1 aliphatic rings. The predicted molar refractivity (Wildman–Crippen MR) is 68.7 cm³/mol. The summed E-state index contributed by atoms with van der Waals surface area (Å²) in [6.07, 6.45) is -1.02. The van der Waals surface area contributed by atoms with Crippen LogP contribution in [0.4, 0.5) is 8.78 Å². The largest absolute Gasteiger partial charge is 0.477 e. The minimum atomic E-state index is -1.49. The molecule has 0 bridgehead atoms. The second-order valence-corrected chi connectivity index (χ2v) is 5.01. The van der Waals surface area contributed by atoms with Gasteiger partial charge in [0.05, 0.1) is 11.6 Å². The molecule has 2 atom stereocenters. The zero-order chi connectivity index (χ0) is 14.6. The van der Waals surface area contributed by atoms with Gasteiger partial charge in [0.1, 0.15) is 22.7 Å². The zero-order valence-corrected chi connectivity index (χ0v) is 10.7. The number of aromatic carboxylic acids is 1. The van der Waals surface area contributed by atoms with Crippen molar-refractivity contribution in [3.63, 3.8) is 0 Å². The summed E-state index contributed by atoms with van der Waals surface area (Å²) in [5.74, 6) is -2.10. The summed E-state index contributed by atoms with van der Waals surface area (Å²) in [6, 6.07) is 2.62. The molecule has 0 amide bonds. The minimum Gasteiger partial charge on any atom is -0.477 e. The average Bonchev–Trinajstić information content (AvgIpc) is 3.05. The third kappa shape index (κ3) is 1.79. The van der Waals surface area contributed by atoms with Crippen LogP contribution < -0.4 is 5.43 Å². The molecule has 104 valence electrons. The number of carbonyl (C=O) groups is 1. The first-order valence-electron chi connectivity index (χ1n) is 5.82. The molecule has 0 aliphatic heterocycles. The molecular formula is C13H8ClF2NO3. The van der Waals surface area contributed by atoms with Gasteiger partial charge in [0, 0.05) is 11.8 Å². The summed E-state index contributed by atoms with van der Waals surface area (Å²) in [5, 5.41) is 8.72. The van der Waals surface area contributed by atoms with Crippen molar-refractivity contribution in [3.8, 4) is 0 Å². The van der Waals surface area contributed by atoms with E-state index in [4.69, 9.17) is 16.7 Å². The van der Waals surface area contributed by atoms with E-state index >= 15 is 0 Å². The molecule has 0 saturated heterocycles. The molecule has 1 saturated carbocycles. The van der Waals surface area contributed by atoms with Crippen molar-refractivity contribution in [1.29, 1.82) is 0 Å². The highest BCUT2D eigenvalue weighted by Crippen LogP contribution is 2.43. The standard InChI is InChI=1S/C13H8ClF2NO3/c14-12-10(13(19)20)11(18)6-2-1-5(15)3-8(6)17(12)9-4-7(9)16/h1-3,7,9H,4H2,(H,19,20)/t7-,9-/m1/s1. The Kier molecular flexibility index (Phi) is 2.79. The average molecular weight is 300 g/mol. The Morgan fingerprint density at radius 3 is 2.65 bits per heavy atom. The number of carboxylic acids is 1. The Balaban J connectivity index is 2.47. The third-order valence-corrected chi connectivity index (χ3v) is 3.71. The fourth-order valence-corrected chi connectivity index (χ4v) is 2.66. The molecule has 3 rings (SSSR count). The van der Waals surface area contributed by atoms with Gasteiger partial charge in [-0.3, -0.25) is 4.79 Å². The number of fused-ring (bicyclic) bond motifs is 1. The van der Waals surface area contributed by atoms with Gasteiger partial charge in [0.2, 0.25) is 5.43 Å². The lowest BCUT2D eigenvalue weighted by molar-refractivity contribution is 0.0695. The molecular weight excluding hydrogens is 292 g/mol. The number of carboxylic acid groups (broad SMARTS) is 1. The van der Waals surface area contributed by atoms with E-state index in [1.54, 1.807) is 0 Å². The molecule has 1 N–H and O–H groups in total. The second kappa shape index (κ2) is 4.28. The van der Waals surface area contributed by atoms with Crippen LogP contribution in [0.5, 0.6) is 0 Å². The molecule has 0 spiro atoms. The Hall–Kier alpha value is -1.95. The zero-order valence-electron chi connectivity index (χ0n) is 9.94. The highest BCUT2D eigenvalue weighted by molar-refractivity contribution is 6.33. The molecule has 4 nitrogen and oxygen atoms in total. The number of hydrogen-bond donors (Lipinski definition) is 1. The van der Waals surface area contributed by atoms with Gasteiger partial charge in [0.15, 0.2) is 0 Å². The van der Waals surface area contributed by atoms with Crippen molar-refractivity contribution in [2.45, 2.75) is 18.6 Å². The van der Waals surface area contributed by atoms with Crippen molar-refractivity contribution in [2.24, 2.45) is 0 Å². The van der Waals surface area contributed by atoms with Crippen LogP contribution in [0.25, 0.3) is 10.9 Å². The highest BCUT2D eigenvalue weighted by atomic mass is 35.5. The quantitative estimate of drug-likeness (QED) is 0.868. The van der Waals surface area contributed by atoms with E-state index in [9.17, 15) is 18.4 Å². The van der Waals surface area contributed by atoms with Gasteiger partial charge < -0.3 is 9.67 Å². The highest BCUT2D eigenvalue weighted by Gasteiger charge is 2.41. The van der Waals surface area contributed by atoms with E-state index in [-0.39, 0.29) is 22.5 Å².